The first-order valence-electron chi connectivity index (χ1n) is 5.77. The van der Waals surface area contributed by atoms with E-state index in [9.17, 15) is 4.79 Å². The molecular weight excluding hydrogens is 200 g/mol. The van der Waals surface area contributed by atoms with Gasteiger partial charge < -0.3 is 10.2 Å². The lowest BCUT2D eigenvalue weighted by molar-refractivity contribution is 0.0655. The molecule has 16 heavy (non-hydrogen) atoms. The maximum Gasteiger partial charge on any atom is 0.254 e. The van der Waals surface area contributed by atoms with Gasteiger partial charge in [0.1, 0.15) is 0 Å². The quantitative estimate of drug-likeness (QED) is 0.773. The summed E-state index contributed by atoms with van der Waals surface area (Å²) in [4.78, 5) is 14.3. The Kier molecular flexibility index (Phi) is 3.25. The Morgan fingerprint density at radius 1 is 1.44 bits per heavy atom. The summed E-state index contributed by atoms with van der Waals surface area (Å²) in [6.07, 6.45) is 0. The predicted molar refractivity (Wildman–Crippen MR) is 64.5 cm³/mol. The van der Waals surface area contributed by atoms with Crippen LogP contribution in [-0.4, -0.2) is 36.5 Å². The molecule has 1 aromatic carbocycles. The molecule has 0 unspecified atom stereocenters. The lowest BCUT2D eigenvalue weighted by Crippen LogP contribution is -2.52. The number of benzene rings is 1. The van der Waals surface area contributed by atoms with Crippen LogP contribution in [0.4, 0.5) is 0 Å². The van der Waals surface area contributed by atoms with Crippen LogP contribution in [0.1, 0.15) is 22.8 Å². The number of amides is 1. The van der Waals surface area contributed by atoms with Crippen molar-refractivity contribution in [1.29, 1.82) is 0 Å². The summed E-state index contributed by atoms with van der Waals surface area (Å²) in [5, 5.41) is 3.29. The van der Waals surface area contributed by atoms with Crippen molar-refractivity contribution in [1.82, 2.24) is 10.2 Å². The molecule has 1 fully saturated rings. The van der Waals surface area contributed by atoms with Gasteiger partial charge in [0.25, 0.3) is 5.91 Å². The second kappa shape index (κ2) is 4.66. The van der Waals surface area contributed by atoms with Gasteiger partial charge in [-0.3, -0.25) is 4.79 Å². The zero-order chi connectivity index (χ0) is 11.5. The summed E-state index contributed by atoms with van der Waals surface area (Å²) in [5.41, 5.74) is 1.88. The smallest absolute Gasteiger partial charge is 0.254 e. The zero-order valence-electron chi connectivity index (χ0n) is 9.86. The molecule has 1 atom stereocenters. The molecule has 1 aromatic rings. The Bertz CT molecular complexity index is 389. The number of nitrogens with one attached hydrogen (secondary N) is 1. The molecule has 0 spiro atoms. The molecular formula is C13H18N2O. The predicted octanol–water partition coefficient (Wildman–Crippen LogP) is 1.43. The van der Waals surface area contributed by atoms with E-state index < -0.39 is 0 Å². The highest BCUT2D eigenvalue weighted by Gasteiger charge is 2.24. The van der Waals surface area contributed by atoms with Crippen molar-refractivity contribution in [3.63, 3.8) is 0 Å². The van der Waals surface area contributed by atoms with Crippen molar-refractivity contribution in [2.24, 2.45) is 0 Å². The van der Waals surface area contributed by atoms with Crippen molar-refractivity contribution < 1.29 is 4.79 Å². The van der Waals surface area contributed by atoms with Gasteiger partial charge in [0.05, 0.1) is 0 Å². The molecule has 1 heterocycles. The fourth-order valence-corrected chi connectivity index (χ4v) is 2.11. The molecule has 1 N–H and O–H groups in total. The van der Waals surface area contributed by atoms with E-state index in [-0.39, 0.29) is 11.9 Å². The lowest BCUT2D eigenvalue weighted by atomic mass is 10.1. The molecule has 0 aliphatic carbocycles. The van der Waals surface area contributed by atoms with Crippen molar-refractivity contribution in [3.8, 4) is 0 Å². The van der Waals surface area contributed by atoms with E-state index in [0.29, 0.717) is 0 Å². The van der Waals surface area contributed by atoms with Gasteiger partial charge in [-0.25, -0.2) is 0 Å². The highest BCUT2D eigenvalue weighted by atomic mass is 16.2. The summed E-state index contributed by atoms with van der Waals surface area (Å²) in [6.45, 7) is 6.65. The highest BCUT2D eigenvalue weighted by Crippen LogP contribution is 2.13. The van der Waals surface area contributed by atoms with Crippen LogP contribution in [0.15, 0.2) is 24.3 Å². The van der Waals surface area contributed by atoms with Crippen LogP contribution >= 0.6 is 0 Å². The Balaban J connectivity index is 2.21. The minimum atomic E-state index is 0.159. The third-order valence-corrected chi connectivity index (χ3v) is 3.14. The molecule has 3 nitrogen and oxygen atoms in total. The Hall–Kier alpha value is -1.35. The standard InChI is InChI=1S/C13H18N2O/c1-10-5-3-4-6-12(10)13(16)15-8-7-14-9-11(15)2/h3-6,11,14H,7-9H2,1-2H3/t11-/m0/s1. The van der Waals surface area contributed by atoms with Crippen molar-refractivity contribution in [2.75, 3.05) is 19.6 Å². The summed E-state index contributed by atoms with van der Waals surface area (Å²) >= 11 is 0. The van der Waals surface area contributed by atoms with Gasteiger partial charge in [-0.1, -0.05) is 18.2 Å². The SMILES string of the molecule is Cc1ccccc1C(=O)N1CCNC[C@@H]1C. The maximum absolute atomic E-state index is 12.3. The first-order chi connectivity index (χ1) is 7.70. The van der Waals surface area contributed by atoms with E-state index in [2.05, 4.69) is 12.2 Å². The van der Waals surface area contributed by atoms with E-state index in [4.69, 9.17) is 0 Å². The minimum absolute atomic E-state index is 0.159. The average molecular weight is 218 g/mol. The lowest BCUT2D eigenvalue weighted by Gasteiger charge is -2.34. The average Bonchev–Trinajstić information content (AvgIpc) is 2.29. The number of piperazine rings is 1. The fourth-order valence-electron chi connectivity index (χ4n) is 2.11. The Labute approximate surface area is 96.5 Å². The first-order valence-corrected chi connectivity index (χ1v) is 5.77. The van der Waals surface area contributed by atoms with Gasteiger partial charge in [0.2, 0.25) is 0 Å². The molecule has 2 rings (SSSR count). The van der Waals surface area contributed by atoms with Crippen LogP contribution in [-0.2, 0) is 0 Å². The maximum atomic E-state index is 12.3. The second-order valence-electron chi connectivity index (χ2n) is 4.37. The molecule has 1 saturated heterocycles. The van der Waals surface area contributed by atoms with Gasteiger partial charge in [0.15, 0.2) is 0 Å². The number of hydrogen-bond acceptors (Lipinski definition) is 2. The van der Waals surface area contributed by atoms with Crippen LogP contribution < -0.4 is 5.32 Å². The number of carbonyl (C=O) groups is 1. The monoisotopic (exact) mass is 218 g/mol. The third-order valence-electron chi connectivity index (χ3n) is 3.14. The van der Waals surface area contributed by atoms with Gasteiger partial charge in [-0.2, -0.15) is 0 Å². The molecule has 0 radical (unpaired) electrons. The van der Waals surface area contributed by atoms with E-state index in [1.54, 1.807) is 0 Å². The van der Waals surface area contributed by atoms with Crippen molar-refractivity contribution >= 4 is 5.91 Å². The van der Waals surface area contributed by atoms with Crippen LogP contribution in [0.3, 0.4) is 0 Å². The topological polar surface area (TPSA) is 32.3 Å². The number of rotatable bonds is 1. The van der Waals surface area contributed by atoms with Crippen LogP contribution in [0.2, 0.25) is 0 Å². The zero-order valence-corrected chi connectivity index (χ0v) is 9.86. The second-order valence-corrected chi connectivity index (χ2v) is 4.37. The molecule has 0 saturated carbocycles. The van der Waals surface area contributed by atoms with Crippen LogP contribution in [0.25, 0.3) is 0 Å². The molecule has 3 heteroatoms. The number of nitrogens with zero attached hydrogens (tertiary/aromatic N) is 1. The van der Waals surface area contributed by atoms with Crippen molar-refractivity contribution in [3.05, 3.63) is 35.4 Å². The van der Waals surface area contributed by atoms with E-state index in [1.807, 2.05) is 36.1 Å². The molecule has 86 valence electrons. The summed E-state index contributed by atoms with van der Waals surface area (Å²) < 4.78 is 0. The Morgan fingerprint density at radius 3 is 2.88 bits per heavy atom. The van der Waals surface area contributed by atoms with E-state index in [1.165, 1.54) is 0 Å². The molecule has 1 aliphatic rings. The number of aryl methyl sites for hydroxylation is 1. The van der Waals surface area contributed by atoms with E-state index >= 15 is 0 Å². The first kappa shape index (κ1) is 11.1. The summed E-state index contributed by atoms with van der Waals surface area (Å²) in [7, 11) is 0. The van der Waals surface area contributed by atoms with E-state index in [0.717, 1.165) is 30.8 Å². The largest absolute Gasteiger partial charge is 0.333 e. The molecule has 0 bridgehead atoms. The van der Waals surface area contributed by atoms with Gasteiger partial charge >= 0.3 is 0 Å². The van der Waals surface area contributed by atoms with Crippen LogP contribution in [0, 0.1) is 6.92 Å². The third kappa shape index (κ3) is 2.09. The normalized spacial score (nSPS) is 20.9. The fraction of sp³-hybridized carbons (Fsp3) is 0.462. The molecule has 1 amide bonds. The summed E-state index contributed by atoms with van der Waals surface area (Å²) in [6, 6.07) is 8.06. The molecule has 0 aromatic heterocycles. The van der Waals surface area contributed by atoms with Gasteiger partial charge in [-0.15, -0.1) is 0 Å². The van der Waals surface area contributed by atoms with Gasteiger partial charge in [0, 0.05) is 31.2 Å². The van der Waals surface area contributed by atoms with Crippen LogP contribution in [0.5, 0.6) is 0 Å². The molecule has 1 aliphatic heterocycles. The number of carbonyl (C=O) groups excluding carboxylic acids is 1. The van der Waals surface area contributed by atoms with Crippen molar-refractivity contribution in [2.45, 2.75) is 19.9 Å². The summed E-state index contributed by atoms with van der Waals surface area (Å²) in [5.74, 6) is 0.159. The van der Waals surface area contributed by atoms with Gasteiger partial charge in [-0.05, 0) is 25.5 Å². The highest BCUT2D eigenvalue weighted by molar-refractivity contribution is 5.95. The number of hydrogen-bond donors (Lipinski definition) is 1. The minimum Gasteiger partial charge on any atom is -0.333 e. The Morgan fingerprint density at radius 2 is 2.19 bits per heavy atom.